The van der Waals surface area contributed by atoms with Gasteiger partial charge in [-0.05, 0) is 38.5 Å². The lowest BCUT2D eigenvalue weighted by molar-refractivity contribution is -0.115. The van der Waals surface area contributed by atoms with Gasteiger partial charge in [-0.2, -0.15) is 0 Å². The zero-order chi connectivity index (χ0) is 17.3. The molecule has 0 saturated carbocycles. The van der Waals surface area contributed by atoms with Crippen molar-refractivity contribution >= 4 is 56.5 Å². The molecule has 0 spiro atoms. The average molecular weight is 378 g/mol. The molecule has 0 aliphatic heterocycles. The summed E-state index contributed by atoms with van der Waals surface area (Å²) in [4.78, 5) is 23.4. The number of thiophene rings is 1. The monoisotopic (exact) mass is 377 g/mol. The van der Waals surface area contributed by atoms with Crippen molar-refractivity contribution in [2.24, 2.45) is 0 Å². The van der Waals surface area contributed by atoms with Crippen LogP contribution in [0.5, 0.6) is 0 Å². The van der Waals surface area contributed by atoms with Crippen LogP contribution in [0.1, 0.15) is 17.4 Å². The van der Waals surface area contributed by atoms with E-state index in [0.717, 1.165) is 15.2 Å². The summed E-state index contributed by atoms with van der Waals surface area (Å²) < 4.78 is 0. The Labute approximate surface area is 153 Å². The number of halogens is 1. The molecule has 3 rings (SSSR count). The van der Waals surface area contributed by atoms with E-state index < -0.39 is 0 Å². The molecule has 0 unspecified atom stereocenters. The molecule has 0 aliphatic rings. The summed E-state index contributed by atoms with van der Waals surface area (Å²) in [6, 6.07) is 7.20. The van der Waals surface area contributed by atoms with Crippen LogP contribution in [0.15, 0.2) is 35.6 Å². The lowest BCUT2D eigenvalue weighted by Crippen LogP contribution is -2.22. The third-order valence-corrected chi connectivity index (χ3v) is 6.27. The second-order valence-electron chi connectivity index (χ2n) is 5.37. The Morgan fingerprint density at radius 3 is 2.79 bits per heavy atom. The zero-order valence-electron chi connectivity index (χ0n) is 13.5. The minimum Gasteiger partial charge on any atom is -0.324 e. The fraction of sp³-hybridized carbons (Fsp3) is 0.235. The summed E-state index contributed by atoms with van der Waals surface area (Å²) in [6.07, 6.45) is 1.55. The fourth-order valence-corrected chi connectivity index (χ4v) is 4.48. The largest absolute Gasteiger partial charge is 0.324 e. The number of aromatic nitrogens is 2. The standard InChI is InChI=1S/C17H16ClN3OS2/c1-9-10(2)23-16-14(9)17(20-8-19-16)24-11(3)15(22)21-13-7-5-4-6-12(13)18/h4-8,11H,1-3H3,(H,21,22)/t11-/m1/s1. The number of anilines is 1. The lowest BCUT2D eigenvalue weighted by Gasteiger charge is -2.13. The Hall–Kier alpha value is -1.63. The first kappa shape index (κ1) is 17.2. The molecule has 1 atom stereocenters. The summed E-state index contributed by atoms with van der Waals surface area (Å²) in [7, 11) is 0. The molecular formula is C17H16ClN3OS2. The zero-order valence-corrected chi connectivity index (χ0v) is 15.9. The predicted molar refractivity (Wildman–Crippen MR) is 102 cm³/mol. The molecule has 4 nitrogen and oxygen atoms in total. The van der Waals surface area contributed by atoms with Crippen LogP contribution in [-0.4, -0.2) is 21.1 Å². The molecular weight excluding hydrogens is 362 g/mol. The van der Waals surface area contributed by atoms with Crippen LogP contribution < -0.4 is 5.32 Å². The number of carbonyl (C=O) groups excluding carboxylic acids is 1. The first-order valence-electron chi connectivity index (χ1n) is 7.40. The highest BCUT2D eigenvalue weighted by Crippen LogP contribution is 2.36. The van der Waals surface area contributed by atoms with Crippen molar-refractivity contribution in [1.82, 2.24) is 9.97 Å². The normalized spacial score (nSPS) is 12.3. The number of hydrogen-bond acceptors (Lipinski definition) is 5. The van der Waals surface area contributed by atoms with E-state index in [9.17, 15) is 4.79 Å². The Bertz CT molecular complexity index is 910. The van der Waals surface area contributed by atoms with Gasteiger partial charge >= 0.3 is 0 Å². The van der Waals surface area contributed by atoms with Crippen molar-refractivity contribution in [2.45, 2.75) is 31.0 Å². The van der Waals surface area contributed by atoms with Gasteiger partial charge in [-0.3, -0.25) is 4.79 Å². The van der Waals surface area contributed by atoms with Crippen LogP contribution >= 0.6 is 34.7 Å². The molecule has 1 N–H and O–H groups in total. The third-order valence-electron chi connectivity index (χ3n) is 3.72. The summed E-state index contributed by atoms with van der Waals surface area (Å²) in [5.74, 6) is -0.107. The van der Waals surface area contributed by atoms with Gasteiger partial charge in [-0.15, -0.1) is 11.3 Å². The van der Waals surface area contributed by atoms with E-state index >= 15 is 0 Å². The highest BCUT2D eigenvalue weighted by Gasteiger charge is 2.20. The van der Waals surface area contributed by atoms with E-state index in [0.29, 0.717) is 10.7 Å². The molecule has 0 aliphatic carbocycles. The molecule has 1 aromatic carbocycles. The molecule has 1 amide bonds. The van der Waals surface area contributed by atoms with Gasteiger partial charge in [0, 0.05) is 10.3 Å². The maximum absolute atomic E-state index is 12.5. The van der Waals surface area contributed by atoms with E-state index in [2.05, 4.69) is 29.1 Å². The van der Waals surface area contributed by atoms with E-state index in [1.807, 2.05) is 19.1 Å². The number of carbonyl (C=O) groups is 1. The smallest absolute Gasteiger partial charge is 0.237 e. The van der Waals surface area contributed by atoms with Gasteiger partial charge in [-0.1, -0.05) is 35.5 Å². The van der Waals surface area contributed by atoms with Crippen molar-refractivity contribution in [3.8, 4) is 0 Å². The quantitative estimate of drug-likeness (QED) is 0.508. The molecule has 24 heavy (non-hydrogen) atoms. The van der Waals surface area contributed by atoms with Crippen LogP contribution in [0.25, 0.3) is 10.2 Å². The van der Waals surface area contributed by atoms with Gasteiger partial charge in [0.15, 0.2) is 0 Å². The minimum atomic E-state index is -0.307. The highest BCUT2D eigenvalue weighted by molar-refractivity contribution is 8.00. The number of nitrogens with one attached hydrogen (secondary N) is 1. The van der Waals surface area contributed by atoms with Gasteiger partial charge in [0.1, 0.15) is 16.2 Å². The van der Waals surface area contributed by atoms with Gasteiger partial charge < -0.3 is 5.32 Å². The Balaban J connectivity index is 1.81. The van der Waals surface area contributed by atoms with Crippen LogP contribution in [0.2, 0.25) is 5.02 Å². The van der Waals surface area contributed by atoms with Gasteiger partial charge in [0.25, 0.3) is 0 Å². The summed E-state index contributed by atoms with van der Waals surface area (Å²) in [6.45, 7) is 6.00. The van der Waals surface area contributed by atoms with Gasteiger partial charge in [-0.25, -0.2) is 9.97 Å². The molecule has 0 saturated heterocycles. The first-order valence-corrected chi connectivity index (χ1v) is 9.47. The first-order chi connectivity index (χ1) is 11.5. The number of aryl methyl sites for hydroxylation is 2. The predicted octanol–water partition coefficient (Wildman–Crippen LogP) is 5.08. The summed E-state index contributed by atoms with van der Waals surface area (Å²) in [5, 5.41) is 4.96. The Kier molecular flexibility index (Phi) is 5.08. The van der Waals surface area contributed by atoms with Gasteiger partial charge in [0.2, 0.25) is 5.91 Å². The number of para-hydroxylation sites is 1. The third kappa shape index (κ3) is 3.41. The molecule has 0 fully saturated rings. The lowest BCUT2D eigenvalue weighted by atomic mass is 10.2. The van der Waals surface area contributed by atoms with Gasteiger partial charge in [0.05, 0.1) is 16.0 Å². The highest BCUT2D eigenvalue weighted by atomic mass is 35.5. The SMILES string of the molecule is Cc1sc2ncnc(S[C@H](C)C(=O)Nc3ccccc3Cl)c2c1C. The average Bonchev–Trinajstić information content (AvgIpc) is 2.85. The number of rotatable bonds is 4. The summed E-state index contributed by atoms with van der Waals surface area (Å²) in [5.41, 5.74) is 1.80. The van der Waals surface area contributed by atoms with Crippen molar-refractivity contribution < 1.29 is 4.79 Å². The molecule has 2 aromatic heterocycles. The van der Waals surface area contributed by atoms with Crippen molar-refractivity contribution in [3.05, 3.63) is 46.1 Å². The molecule has 7 heteroatoms. The number of amides is 1. The van der Waals surface area contributed by atoms with Crippen LogP contribution in [0.3, 0.4) is 0 Å². The minimum absolute atomic E-state index is 0.107. The maximum Gasteiger partial charge on any atom is 0.237 e. The van der Waals surface area contributed by atoms with Crippen LogP contribution in [0.4, 0.5) is 5.69 Å². The molecule has 3 aromatic rings. The molecule has 0 bridgehead atoms. The topological polar surface area (TPSA) is 54.9 Å². The van der Waals surface area contributed by atoms with E-state index in [1.54, 1.807) is 29.8 Å². The molecule has 0 radical (unpaired) electrons. The molecule has 2 heterocycles. The molecule has 124 valence electrons. The van der Waals surface area contributed by atoms with Crippen molar-refractivity contribution in [2.75, 3.05) is 5.32 Å². The van der Waals surface area contributed by atoms with E-state index in [1.165, 1.54) is 22.2 Å². The van der Waals surface area contributed by atoms with E-state index in [-0.39, 0.29) is 11.2 Å². The Morgan fingerprint density at radius 1 is 1.29 bits per heavy atom. The number of nitrogens with zero attached hydrogens (tertiary/aromatic N) is 2. The van der Waals surface area contributed by atoms with Crippen LogP contribution in [0, 0.1) is 13.8 Å². The van der Waals surface area contributed by atoms with Crippen LogP contribution in [-0.2, 0) is 4.79 Å². The second-order valence-corrected chi connectivity index (χ2v) is 8.31. The maximum atomic E-state index is 12.5. The van der Waals surface area contributed by atoms with E-state index in [4.69, 9.17) is 11.6 Å². The number of fused-ring (bicyclic) bond motifs is 1. The van der Waals surface area contributed by atoms with Crippen molar-refractivity contribution in [1.29, 1.82) is 0 Å². The second kappa shape index (κ2) is 7.09. The number of benzene rings is 1. The summed E-state index contributed by atoms with van der Waals surface area (Å²) >= 11 is 9.18. The fourth-order valence-electron chi connectivity index (χ4n) is 2.26. The van der Waals surface area contributed by atoms with Crippen molar-refractivity contribution in [3.63, 3.8) is 0 Å². The number of hydrogen-bond donors (Lipinski definition) is 1. The Morgan fingerprint density at radius 2 is 2.04 bits per heavy atom. The number of thioether (sulfide) groups is 1.